The molecule has 14 heavy (non-hydrogen) atoms. The van der Waals surface area contributed by atoms with Crippen LogP contribution in [-0.4, -0.2) is 0 Å². The monoisotopic (exact) mass is 188 g/mol. The van der Waals surface area contributed by atoms with Gasteiger partial charge in [-0.2, -0.15) is 0 Å². The van der Waals surface area contributed by atoms with Crippen LogP contribution in [0.2, 0.25) is 0 Å². The molecule has 1 atom stereocenters. The standard InChI is InChI=1S/C14H20/c1-12-7-5-4-6-8-13(2)11-14(3)10-9-12/h5-9,11,14H,4,10H2,1-3H3. The summed E-state index contributed by atoms with van der Waals surface area (Å²) >= 11 is 0. The summed E-state index contributed by atoms with van der Waals surface area (Å²) < 4.78 is 0. The molecular formula is C14H20. The van der Waals surface area contributed by atoms with Crippen LogP contribution in [0.15, 0.2) is 47.6 Å². The topological polar surface area (TPSA) is 0 Å². The van der Waals surface area contributed by atoms with E-state index >= 15 is 0 Å². The largest absolute Gasteiger partial charge is 0.0810 e. The maximum absolute atomic E-state index is 2.34. The van der Waals surface area contributed by atoms with Gasteiger partial charge in [-0.15, -0.1) is 0 Å². The minimum Gasteiger partial charge on any atom is -0.0810 e. The van der Waals surface area contributed by atoms with Crippen LogP contribution in [-0.2, 0) is 0 Å². The maximum atomic E-state index is 2.34. The Hall–Kier alpha value is -1.04. The van der Waals surface area contributed by atoms with Crippen molar-refractivity contribution in [3.8, 4) is 0 Å². The summed E-state index contributed by atoms with van der Waals surface area (Å²) in [7, 11) is 0. The molecule has 0 spiro atoms. The van der Waals surface area contributed by atoms with Crippen molar-refractivity contribution in [2.45, 2.75) is 33.6 Å². The van der Waals surface area contributed by atoms with Crippen LogP contribution in [0.5, 0.6) is 0 Å². The highest BCUT2D eigenvalue weighted by atomic mass is 14.0. The van der Waals surface area contributed by atoms with Crippen LogP contribution in [0.3, 0.4) is 0 Å². The molecule has 0 saturated carbocycles. The first-order valence-corrected chi connectivity index (χ1v) is 5.37. The van der Waals surface area contributed by atoms with Crippen molar-refractivity contribution in [3.05, 3.63) is 47.6 Å². The molecule has 0 N–H and O–H groups in total. The van der Waals surface area contributed by atoms with Gasteiger partial charge in [-0.1, -0.05) is 54.5 Å². The predicted molar refractivity (Wildman–Crippen MR) is 64.2 cm³/mol. The Bertz CT molecular complexity index is 287. The fourth-order valence-corrected chi connectivity index (χ4v) is 1.60. The van der Waals surface area contributed by atoms with Gasteiger partial charge >= 0.3 is 0 Å². The molecular weight excluding hydrogens is 168 g/mol. The molecule has 1 aliphatic carbocycles. The lowest BCUT2D eigenvalue weighted by atomic mass is 10.0. The van der Waals surface area contributed by atoms with Crippen molar-refractivity contribution in [1.29, 1.82) is 0 Å². The average Bonchev–Trinajstić information content (AvgIpc) is 2.15. The summed E-state index contributed by atoms with van der Waals surface area (Å²) in [6, 6.07) is 0. The molecule has 0 aliphatic heterocycles. The summed E-state index contributed by atoms with van der Waals surface area (Å²) in [4.78, 5) is 0. The highest BCUT2D eigenvalue weighted by Gasteiger charge is 1.96. The smallest absolute Gasteiger partial charge is 0.0163 e. The van der Waals surface area contributed by atoms with E-state index in [0.29, 0.717) is 5.92 Å². The molecule has 0 aromatic rings. The molecule has 0 bridgehead atoms. The van der Waals surface area contributed by atoms with E-state index in [1.54, 1.807) is 0 Å². The molecule has 0 nitrogen and oxygen atoms in total. The summed E-state index contributed by atoms with van der Waals surface area (Å²) in [5.74, 6) is 0.640. The van der Waals surface area contributed by atoms with E-state index < -0.39 is 0 Å². The normalized spacial score (nSPS) is 23.8. The zero-order valence-electron chi connectivity index (χ0n) is 9.46. The third-order valence-corrected chi connectivity index (χ3v) is 2.39. The molecule has 0 heteroatoms. The van der Waals surface area contributed by atoms with Gasteiger partial charge in [0.05, 0.1) is 0 Å². The Balaban J connectivity index is 2.80. The van der Waals surface area contributed by atoms with Gasteiger partial charge in [0.15, 0.2) is 0 Å². The van der Waals surface area contributed by atoms with Gasteiger partial charge in [-0.05, 0) is 32.6 Å². The molecule has 0 amide bonds. The van der Waals surface area contributed by atoms with Crippen molar-refractivity contribution in [2.24, 2.45) is 5.92 Å². The fourth-order valence-electron chi connectivity index (χ4n) is 1.60. The van der Waals surface area contributed by atoms with E-state index in [-0.39, 0.29) is 0 Å². The van der Waals surface area contributed by atoms with Crippen LogP contribution in [0, 0.1) is 5.92 Å². The summed E-state index contributed by atoms with van der Waals surface area (Å²) in [6.07, 6.45) is 15.7. The molecule has 1 unspecified atom stereocenters. The molecule has 76 valence electrons. The molecule has 1 rings (SSSR count). The number of hydrogen-bond acceptors (Lipinski definition) is 0. The van der Waals surface area contributed by atoms with Crippen LogP contribution >= 0.6 is 0 Å². The third kappa shape index (κ3) is 4.27. The van der Waals surface area contributed by atoms with Crippen molar-refractivity contribution in [1.82, 2.24) is 0 Å². The highest BCUT2D eigenvalue weighted by Crippen LogP contribution is 2.12. The van der Waals surface area contributed by atoms with Gasteiger partial charge in [-0.3, -0.25) is 0 Å². The second-order valence-electron chi connectivity index (χ2n) is 4.11. The van der Waals surface area contributed by atoms with Crippen molar-refractivity contribution in [2.75, 3.05) is 0 Å². The van der Waals surface area contributed by atoms with Gasteiger partial charge in [-0.25, -0.2) is 0 Å². The van der Waals surface area contributed by atoms with Crippen molar-refractivity contribution in [3.63, 3.8) is 0 Å². The first-order valence-electron chi connectivity index (χ1n) is 5.37. The van der Waals surface area contributed by atoms with Crippen LogP contribution in [0.1, 0.15) is 33.6 Å². The van der Waals surface area contributed by atoms with E-state index in [1.807, 2.05) is 0 Å². The van der Waals surface area contributed by atoms with E-state index in [9.17, 15) is 0 Å². The molecule has 0 heterocycles. The summed E-state index contributed by atoms with van der Waals surface area (Å²) in [5.41, 5.74) is 2.75. The Morgan fingerprint density at radius 2 is 1.71 bits per heavy atom. The molecule has 0 fully saturated rings. The quantitative estimate of drug-likeness (QED) is 0.528. The lowest BCUT2D eigenvalue weighted by molar-refractivity contribution is 0.737. The zero-order valence-corrected chi connectivity index (χ0v) is 9.46. The van der Waals surface area contributed by atoms with Crippen molar-refractivity contribution >= 4 is 0 Å². The average molecular weight is 188 g/mol. The molecule has 1 aliphatic rings. The van der Waals surface area contributed by atoms with Crippen LogP contribution in [0.25, 0.3) is 0 Å². The number of hydrogen-bond donors (Lipinski definition) is 0. The van der Waals surface area contributed by atoms with Gasteiger partial charge in [0.2, 0.25) is 0 Å². The number of rotatable bonds is 0. The Kier molecular flexibility index (Phi) is 4.45. The Labute approximate surface area is 87.7 Å². The minimum atomic E-state index is 0.640. The summed E-state index contributed by atoms with van der Waals surface area (Å²) in [5, 5.41) is 0. The van der Waals surface area contributed by atoms with Crippen LogP contribution in [0.4, 0.5) is 0 Å². The van der Waals surface area contributed by atoms with E-state index in [4.69, 9.17) is 0 Å². The van der Waals surface area contributed by atoms with Gasteiger partial charge < -0.3 is 0 Å². The third-order valence-electron chi connectivity index (χ3n) is 2.39. The highest BCUT2D eigenvalue weighted by molar-refractivity contribution is 5.22. The summed E-state index contributed by atoms with van der Waals surface area (Å²) in [6.45, 7) is 6.61. The van der Waals surface area contributed by atoms with E-state index in [2.05, 4.69) is 57.2 Å². The number of allylic oxidation sites excluding steroid dienone is 8. The lowest BCUT2D eigenvalue weighted by Gasteiger charge is -2.03. The lowest BCUT2D eigenvalue weighted by Crippen LogP contribution is -1.88. The van der Waals surface area contributed by atoms with E-state index in [1.165, 1.54) is 11.1 Å². The maximum Gasteiger partial charge on any atom is -0.0163 e. The fraction of sp³-hybridized carbons (Fsp3) is 0.429. The second kappa shape index (κ2) is 5.64. The Morgan fingerprint density at radius 3 is 2.43 bits per heavy atom. The minimum absolute atomic E-state index is 0.640. The zero-order chi connectivity index (χ0) is 10.4. The molecule has 0 aromatic heterocycles. The SMILES string of the molecule is CC1=CCC(C)C=C(C)C=CCC=C1. The first-order chi connectivity index (χ1) is 6.68. The Morgan fingerprint density at radius 1 is 1.07 bits per heavy atom. The van der Waals surface area contributed by atoms with E-state index in [0.717, 1.165) is 12.8 Å². The van der Waals surface area contributed by atoms with Gasteiger partial charge in [0.25, 0.3) is 0 Å². The van der Waals surface area contributed by atoms with Gasteiger partial charge in [0.1, 0.15) is 0 Å². The molecule has 0 radical (unpaired) electrons. The predicted octanol–water partition coefficient (Wildman–Crippen LogP) is 4.42. The molecule has 0 aromatic carbocycles. The molecule has 0 saturated heterocycles. The van der Waals surface area contributed by atoms with Crippen molar-refractivity contribution < 1.29 is 0 Å². The second-order valence-corrected chi connectivity index (χ2v) is 4.11. The van der Waals surface area contributed by atoms with Gasteiger partial charge in [0, 0.05) is 0 Å². The first kappa shape index (κ1) is 11.0. The van der Waals surface area contributed by atoms with Crippen LogP contribution < -0.4 is 0 Å².